The summed E-state index contributed by atoms with van der Waals surface area (Å²) in [4.78, 5) is 0. The van der Waals surface area contributed by atoms with E-state index in [0.29, 0.717) is 0 Å². The molecule has 0 fully saturated rings. The van der Waals surface area contributed by atoms with Crippen molar-refractivity contribution in [3.05, 3.63) is 50.9 Å². The second-order valence-electron chi connectivity index (χ2n) is 4.83. The standard InChI is InChI=1S/C16H17Br2NO2/c1-10(19)7-11-8-12(17)3-5-15(11)21-16-6-4-13(20-2)9-14(16)18/h3-6,8-10H,7,19H2,1-2H3. The highest BCUT2D eigenvalue weighted by Crippen LogP contribution is 2.35. The molecule has 2 aromatic carbocycles. The highest BCUT2D eigenvalue weighted by atomic mass is 79.9. The first-order valence-corrected chi connectivity index (χ1v) is 8.13. The van der Waals surface area contributed by atoms with Gasteiger partial charge in [0.25, 0.3) is 0 Å². The summed E-state index contributed by atoms with van der Waals surface area (Å²) in [5.74, 6) is 2.33. The van der Waals surface area contributed by atoms with E-state index in [1.807, 2.05) is 43.3 Å². The van der Waals surface area contributed by atoms with Gasteiger partial charge in [-0.05, 0) is 71.2 Å². The SMILES string of the molecule is COc1ccc(Oc2ccc(Br)cc2CC(C)N)c(Br)c1. The monoisotopic (exact) mass is 413 g/mol. The Hall–Kier alpha value is -1.04. The third kappa shape index (κ3) is 4.46. The number of nitrogens with two attached hydrogens (primary N) is 1. The molecule has 1 unspecified atom stereocenters. The fourth-order valence-electron chi connectivity index (χ4n) is 1.96. The predicted octanol–water partition coefficient (Wildman–Crippen LogP) is 4.90. The topological polar surface area (TPSA) is 44.5 Å². The van der Waals surface area contributed by atoms with Gasteiger partial charge in [0.1, 0.15) is 17.2 Å². The highest BCUT2D eigenvalue weighted by Gasteiger charge is 2.10. The van der Waals surface area contributed by atoms with Crippen LogP contribution in [0, 0.1) is 0 Å². The Morgan fingerprint density at radius 1 is 1.10 bits per heavy atom. The number of halogens is 2. The summed E-state index contributed by atoms with van der Waals surface area (Å²) in [5, 5.41) is 0. The van der Waals surface area contributed by atoms with Gasteiger partial charge in [-0.3, -0.25) is 0 Å². The van der Waals surface area contributed by atoms with Crippen LogP contribution in [0.25, 0.3) is 0 Å². The summed E-state index contributed by atoms with van der Waals surface area (Å²) >= 11 is 6.98. The van der Waals surface area contributed by atoms with E-state index >= 15 is 0 Å². The molecule has 0 aliphatic rings. The van der Waals surface area contributed by atoms with E-state index in [-0.39, 0.29) is 6.04 Å². The van der Waals surface area contributed by atoms with Gasteiger partial charge in [-0.2, -0.15) is 0 Å². The highest BCUT2D eigenvalue weighted by molar-refractivity contribution is 9.10. The molecule has 21 heavy (non-hydrogen) atoms. The third-order valence-corrected chi connectivity index (χ3v) is 4.04. The second kappa shape index (κ2) is 7.29. The second-order valence-corrected chi connectivity index (χ2v) is 6.60. The molecule has 0 bridgehead atoms. The number of methoxy groups -OCH3 is 1. The molecule has 1 atom stereocenters. The number of rotatable bonds is 5. The molecule has 2 aromatic rings. The number of hydrogen-bond acceptors (Lipinski definition) is 3. The quantitative estimate of drug-likeness (QED) is 0.756. The molecule has 0 aromatic heterocycles. The number of hydrogen-bond donors (Lipinski definition) is 1. The van der Waals surface area contributed by atoms with E-state index in [4.69, 9.17) is 15.2 Å². The van der Waals surface area contributed by atoms with E-state index < -0.39 is 0 Å². The lowest BCUT2D eigenvalue weighted by molar-refractivity contribution is 0.412. The summed E-state index contributed by atoms with van der Waals surface area (Å²) < 4.78 is 13.1. The average Bonchev–Trinajstić information content (AvgIpc) is 2.43. The van der Waals surface area contributed by atoms with Gasteiger partial charge in [-0.25, -0.2) is 0 Å². The zero-order chi connectivity index (χ0) is 15.4. The van der Waals surface area contributed by atoms with Crippen LogP contribution in [-0.2, 0) is 6.42 Å². The Kier molecular flexibility index (Phi) is 5.67. The van der Waals surface area contributed by atoms with Gasteiger partial charge in [0.05, 0.1) is 11.6 Å². The Morgan fingerprint density at radius 2 is 1.81 bits per heavy atom. The molecule has 0 heterocycles. The van der Waals surface area contributed by atoms with E-state index in [0.717, 1.165) is 38.2 Å². The van der Waals surface area contributed by atoms with Crippen LogP contribution >= 0.6 is 31.9 Å². The smallest absolute Gasteiger partial charge is 0.141 e. The Bertz CT molecular complexity index is 630. The Morgan fingerprint density at radius 3 is 2.43 bits per heavy atom. The lowest BCUT2D eigenvalue weighted by Gasteiger charge is -2.14. The van der Waals surface area contributed by atoms with Crippen LogP contribution in [0.2, 0.25) is 0 Å². The zero-order valence-corrected chi connectivity index (χ0v) is 15.1. The lowest BCUT2D eigenvalue weighted by Crippen LogP contribution is -2.18. The summed E-state index contributed by atoms with van der Waals surface area (Å²) in [6, 6.07) is 11.6. The first kappa shape index (κ1) is 16.3. The van der Waals surface area contributed by atoms with E-state index in [1.165, 1.54) is 0 Å². The van der Waals surface area contributed by atoms with Crippen molar-refractivity contribution in [2.45, 2.75) is 19.4 Å². The van der Waals surface area contributed by atoms with Crippen LogP contribution < -0.4 is 15.2 Å². The van der Waals surface area contributed by atoms with Crippen LogP contribution in [0.15, 0.2) is 45.3 Å². The first-order chi connectivity index (χ1) is 9.99. The summed E-state index contributed by atoms with van der Waals surface area (Å²) in [7, 11) is 1.64. The molecule has 0 spiro atoms. The fourth-order valence-corrected chi connectivity index (χ4v) is 2.81. The average molecular weight is 415 g/mol. The van der Waals surface area contributed by atoms with Crippen LogP contribution in [0.1, 0.15) is 12.5 Å². The largest absolute Gasteiger partial charge is 0.497 e. The van der Waals surface area contributed by atoms with Crippen LogP contribution in [-0.4, -0.2) is 13.2 Å². The molecule has 0 amide bonds. The van der Waals surface area contributed by atoms with Crippen LogP contribution in [0.5, 0.6) is 17.2 Å². The van der Waals surface area contributed by atoms with Gasteiger partial charge in [0, 0.05) is 10.5 Å². The molecule has 0 aliphatic carbocycles. The van der Waals surface area contributed by atoms with Gasteiger partial charge >= 0.3 is 0 Å². The van der Waals surface area contributed by atoms with Crippen molar-refractivity contribution in [2.75, 3.05) is 7.11 Å². The van der Waals surface area contributed by atoms with Crippen molar-refractivity contribution >= 4 is 31.9 Å². The lowest BCUT2D eigenvalue weighted by atomic mass is 10.1. The van der Waals surface area contributed by atoms with Gasteiger partial charge in [-0.1, -0.05) is 15.9 Å². The number of ether oxygens (including phenoxy) is 2. The summed E-state index contributed by atoms with van der Waals surface area (Å²) in [5.41, 5.74) is 6.98. The molecule has 112 valence electrons. The molecule has 0 saturated heterocycles. The van der Waals surface area contributed by atoms with Gasteiger partial charge < -0.3 is 15.2 Å². The maximum Gasteiger partial charge on any atom is 0.141 e. The summed E-state index contributed by atoms with van der Waals surface area (Å²) in [6.45, 7) is 1.98. The molecular weight excluding hydrogens is 398 g/mol. The fraction of sp³-hybridized carbons (Fsp3) is 0.250. The van der Waals surface area contributed by atoms with Crippen molar-refractivity contribution in [1.82, 2.24) is 0 Å². The first-order valence-electron chi connectivity index (χ1n) is 6.55. The van der Waals surface area contributed by atoms with Gasteiger partial charge in [-0.15, -0.1) is 0 Å². The van der Waals surface area contributed by atoms with E-state index in [9.17, 15) is 0 Å². The maximum absolute atomic E-state index is 6.02. The molecular formula is C16H17Br2NO2. The molecule has 0 radical (unpaired) electrons. The third-order valence-electron chi connectivity index (χ3n) is 2.92. The summed E-state index contributed by atoms with van der Waals surface area (Å²) in [6.07, 6.45) is 0.753. The van der Waals surface area contributed by atoms with E-state index in [2.05, 4.69) is 31.9 Å². The van der Waals surface area contributed by atoms with Crippen molar-refractivity contribution in [1.29, 1.82) is 0 Å². The minimum atomic E-state index is 0.0703. The number of benzene rings is 2. The Balaban J connectivity index is 2.30. The molecule has 0 aliphatic heterocycles. The van der Waals surface area contributed by atoms with Crippen LogP contribution in [0.4, 0.5) is 0 Å². The predicted molar refractivity (Wildman–Crippen MR) is 92.3 cm³/mol. The molecule has 2 N–H and O–H groups in total. The van der Waals surface area contributed by atoms with Crippen molar-refractivity contribution in [2.24, 2.45) is 5.73 Å². The van der Waals surface area contributed by atoms with Gasteiger partial charge in [0.15, 0.2) is 0 Å². The molecule has 3 nitrogen and oxygen atoms in total. The maximum atomic E-state index is 6.02. The molecule has 2 rings (SSSR count). The normalized spacial score (nSPS) is 12.0. The van der Waals surface area contributed by atoms with Crippen LogP contribution in [0.3, 0.4) is 0 Å². The van der Waals surface area contributed by atoms with Crippen molar-refractivity contribution < 1.29 is 9.47 Å². The van der Waals surface area contributed by atoms with Gasteiger partial charge in [0.2, 0.25) is 0 Å². The zero-order valence-electron chi connectivity index (χ0n) is 11.9. The molecule has 0 saturated carbocycles. The van der Waals surface area contributed by atoms with Crippen molar-refractivity contribution in [3.63, 3.8) is 0 Å². The van der Waals surface area contributed by atoms with Crippen molar-refractivity contribution in [3.8, 4) is 17.2 Å². The van der Waals surface area contributed by atoms with E-state index in [1.54, 1.807) is 7.11 Å². The Labute approximate surface area is 141 Å². The molecule has 5 heteroatoms. The minimum absolute atomic E-state index is 0.0703. The minimum Gasteiger partial charge on any atom is -0.497 e.